The summed E-state index contributed by atoms with van der Waals surface area (Å²) in [5, 5.41) is 23.1. The topological polar surface area (TPSA) is 98.7 Å². The van der Waals surface area contributed by atoms with Gasteiger partial charge < -0.3 is 20.8 Å². The summed E-state index contributed by atoms with van der Waals surface area (Å²) in [6.07, 6.45) is 3.39. The average molecular weight is 244 g/mol. The standard InChI is InChI=1S/C11H20N2O4/c1-7(5-8-3-4-8)13-10(16)12-6-11(2,17)9(14)15/h7-8,17H,3-6H2,1-2H3,(H,14,15)(H2,12,13,16). The molecule has 6 heteroatoms. The third kappa shape index (κ3) is 5.04. The molecule has 2 unspecified atom stereocenters. The number of carbonyl (C=O) groups excluding carboxylic acids is 1. The molecule has 0 aromatic heterocycles. The zero-order chi connectivity index (χ0) is 13.1. The van der Waals surface area contributed by atoms with Crippen LogP contribution in [0.1, 0.15) is 33.1 Å². The number of carboxylic acids is 1. The van der Waals surface area contributed by atoms with E-state index in [0.717, 1.165) is 13.3 Å². The van der Waals surface area contributed by atoms with Crippen molar-refractivity contribution in [2.45, 2.75) is 44.8 Å². The van der Waals surface area contributed by atoms with Crippen LogP contribution in [0.2, 0.25) is 0 Å². The van der Waals surface area contributed by atoms with Crippen LogP contribution in [0, 0.1) is 5.92 Å². The molecule has 0 aromatic carbocycles. The summed E-state index contributed by atoms with van der Waals surface area (Å²) in [5.41, 5.74) is -1.93. The fraction of sp³-hybridized carbons (Fsp3) is 0.818. The van der Waals surface area contributed by atoms with Crippen LogP contribution in [0.4, 0.5) is 4.79 Å². The van der Waals surface area contributed by atoms with Crippen molar-refractivity contribution >= 4 is 12.0 Å². The molecular formula is C11H20N2O4. The molecule has 0 saturated heterocycles. The third-order valence-electron chi connectivity index (χ3n) is 2.82. The Bertz CT molecular complexity index is 300. The minimum atomic E-state index is -1.93. The van der Waals surface area contributed by atoms with Gasteiger partial charge in [-0.25, -0.2) is 9.59 Å². The lowest BCUT2D eigenvalue weighted by molar-refractivity contribution is -0.155. The van der Waals surface area contributed by atoms with Gasteiger partial charge in [0.05, 0.1) is 6.54 Å². The van der Waals surface area contributed by atoms with Crippen molar-refractivity contribution in [3.8, 4) is 0 Å². The van der Waals surface area contributed by atoms with E-state index in [-0.39, 0.29) is 12.6 Å². The third-order valence-corrected chi connectivity index (χ3v) is 2.82. The smallest absolute Gasteiger partial charge is 0.337 e. The van der Waals surface area contributed by atoms with Crippen molar-refractivity contribution < 1.29 is 19.8 Å². The molecule has 0 bridgehead atoms. The van der Waals surface area contributed by atoms with Gasteiger partial charge in [0.1, 0.15) is 0 Å². The molecule has 6 nitrogen and oxygen atoms in total. The van der Waals surface area contributed by atoms with Crippen LogP contribution in [0.15, 0.2) is 0 Å². The number of nitrogens with one attached hydrogen (secondary N) is 2. The van der Waals surface area contributed by atoms with Gasteiger partial charge in [0.15, 0.2) is 5.60 Å². The summed E-state index contributed by atoms with van der Waals surface area (Å²) < 4.78 is 0. The van der Waals surface area contributed by atoms with E-state index < -0.39 is 17.6 Å². The second kappa shape index (κ2) is 5.35. The van der Waals surface area contributed by atoms with Gasteiger partial charge in [0.25, 0.3) is 0 Å². The summed E-state index contributed by atoms with van der Waals surface area (Å²) in [4.78, 5) is 22.0. The first-order chi connectivity index (χ1) is 7.81. The van der Waals surface area contributed by atoms with E-state index >= 15 is 0 Å². The van der Waals surface area contributed by atoms with Crippen LogP contribution in [0.3, 0.4) is 0 Å². The first kappa shape index (κ1) is 13.8. The number of rotatable bonds is 6. The molecule has 2 atom stereocenters. The highest BCUT2D eigenvalue weighted by molar-refractivity contribution is 5.79. The fourth-order valence-electron chi connectivity index (χ4n) is 1.52. The Labute approximate surface area is 100 Å². The van der Waals surface area contributed by atoms with Crippen LogP contribution in [-0.2, 0) is 4.79 Å². The predicted molar refractivity (Wildman–Crippen MR) is 61.6 cm³/mol. The lowest BCUT2D eigenvalue weighted by Gasteiger charge is -2.20. The number of aliphatic hydroxyl groups is 1. The lowest BCUT2D eigenvalue weighted by Crippen LogP contribution is -2.50. The molecule has 2 amide bonds. The van der Waals surface area contributed by atoms with E-state index in [1.165, 1.54) is 12.8 Å². The van der Waals surface area contributed by atoms with E-state index in [2.05, 4.69) is 10.6 Å². The fourth-order valence-corrected chi connectivity index (χ4v) is 1.52. The van der Waals surface area contributed by atoms with E-state index in [1.807, 2.05) is 6.92 Å². The van der Waals surface area contributed by atoms with Crippen LogP contribution in [-0.4, -0.2) is 40.4 Å². The van der Waals surface area contributed by atoms with Crippen molar-refractivity contribution in [1.82, 2.24) is 10.6 Å². The number of carbonyl (C=O) groups is 2. The highest BCUT2D eigenvalue weighted by Gasteiger charge is 2.30. The second-order valence-electron chi connectivity index (χ2n) is 4.99. The lowest BCUT2D eigenvalue weighted by atomic mass is 10.1. The molecule has 1 saturated carbocycles. The molecular weight excluding hydrogens is 224 g/mol. The maximum absolute atomic E-state index is 11.4. The molecule has 0 radical (unpaired) electrons. The van der Waals surface area contributed by atoms with Crippen LogP contribution >= 0.6 is 0 Å². The number of amides is 2. The Kier molecular flexibility index (Phi) is 4.34. The molecule has 1 aliphatic rings. The van der Waals surface area contributed by atoms with Crippen LogP contribution < -0.4 is 10.6 Å². The average Bonchev–Trinajstić information content (AvgIpc) is 2.98. The molecule has 1 rings (SSSR count). The van der Waals surface area contributed by atoms with Crippen LogP contribution in [0.5, 0.6) is 0 Å². The molecule has 0 aliphatic heterocycles. The van der Waals surface area contributed by atoms with Gasteiger partial charge in [-0.1, -0.05) is 12.8 Å². The van der Waals surface area contributed by atoms with Gasteiger partial charge >= 0.3 is 12.0 Å². The number of urea groups is 1. The molecule has 0 aromatic rings. The summed E-state index contributed by atoms with van der Waals surface area (Å²) in [6.45, 7) is 2.74. The van der Waals surface area contributed by atoms with Crippen molar-refractivity contribution in [3.05, 3.63) is 0 Å². The molecule has 0 heterocycles. The van der Waals surface area contributed by atoms with E-state index in [0.29, 0.717) is 5.92 Å². The van der Waals surface area contributed by atoms with Gasteiger partial charge in [0, 0.05) is 6.04 Å². The normalized spacial score (nSPS) is 20.2. The van der Waals surface area contributed by atoms with Gasteiger partial charge in [0.2, 0.25) is 0 Å². The summed E-state index contributed by atoms with van der Waals surface area (Å²) >= 11 is 0. The molecule has 98 valence electrons. The molecule has 1 fully saturated rings. The van der Waals surface area contributed by atoms with Gasteiger partial charge in [-0.3, -0.25) is 0 Å². The monoisotopic (exact) mass is 244 g/mol. The summed E-state index contributed by atoms with van der Waals surface area (Å²) in [5.74, 6) is -0.642. The van der Waals surface area contributed by atoms with Crippen molar-refractivity contribution in [3.63, 3.8) is 0 Å². The molecule has 17 heavy (non-hydrogen) atoms. The molecule has 0 spiro atoms. The zero-order valence-corrected chi connectivity index (χ0v) is 10.2. The van der Waals surface area contributed by atoms with Crippen LogP contribution in [0.25, 0.3) is 0 Å². The Balaban J connectivity index is 2.21. The minimum Gasteiger partial charge on any atom is -0.479 e. The Morgan fingerprint density at radius 1 is 1.47 bits per heavy atom. The molecule has 4 N–H and O–H groups in total. The van der Waals surface area contributed by atoms with Crippen molar-refractivity contribution in [1.29, 1.82) is 0 Å². The predicted octanol–water partition coefficient (Wildman–Crippen LogP) is 0.310. The minimum absolute atomic E-state index is 0.0669. The Morgan fingerprint density at radius 3 is 2.53 bits per heavy atom. The Morgan fingerprint density at radius 2 is 2.06 bits per heavy atom. The van der Waals surface area contributed by atoms with Crippen molar-refractivity contribution in [2.24, 2.45) is 5.92 Å². The summed E-state index contributed by atoms with van der Waals surface area (Å²) in [6, 6.07) is -0.378. The number of hydrogen-bond acceptors (Lipinski definition) is 3. The number of hydrogen-bond donors (Lipinski definition) is 4. The quantitative estimate of drug-likeness (QED) is 0.540. The molecule has 1 aliphatic carbocycles. The number of aliphatic carboxylic acids is 1. The maximum Gasteiger partial charge on any atom is 0.337 e. The maximum atomic E-state index is 11.4. The SMILES string of the molecule is CC(CC1CC1)NC(=O)NCC(C)(O)C(=O)O. The zero-order valence-electron chi connectivity index (χ0n) is 10.2. The second-order valence-corrected chi connectivity index (χ2v) is 4.99. The van der Waals surface area contributed by atoms with E-state index in [1.54, 1.807) is 0 Å². The Hall–Kier alpha value is -1.30. The van der Waals surface area contributed by atoms with Crippen molar-refractivity contribution in [2.75, 3.05) is 6.54 Å². The number of carboxylic acid groups (broad SMARTS) is 1. The largest absolute Gasteiger partial charge is 0.479 e. The first-order valence-electron chi connectivity index (χ1n) is 5.81. The summed E-state index contributed by atoms with van der Waals surface area (Å²) in [7, 11) is 0. The van der Waals surface area contributed by atoms with Gasteiger partial charge in [-0.15, -0.1) is 0 Å². The van der Waals surface area contributed by atoms with Gasteiger partial charge in [-0.05, 0) is 26.2 Å². The van der Waals surface area contributed by atoms with Gasteiger partial charge in [-0.2, -0.15) is 0 Å². The highest BCUT2D eigenvalue weighted by atomic mass is 16.4. The highest BCUT2D eigenvalue weighted by Crippen LogP contribution is 2.33. The van der Waals surface area contributed by atoms with E-state index in [4.69, 9.17) is 5.11 Å². The first-order valence-corrected chi connectivity index (χ1v) is 5.81. The van der Waals surface area contributed by atoms with E-state index in [9.17, 15) is 14.7 Å².